The van der Waals surface area contributed by atoms with E-state index in [1.54, 1.807) is 0 Å². The Morgan fingerprint density at radius 2 is 0.723 bits per heavy atom. The van der Waals surface area contributed by atoms with E-state index in [0.717, 1.165) is 70.7 Å². The lowest BCUT2D eigenvalue weighted by Crippen LogP contribution is -2.55. The van der Waals surface area contributed by atoms with Gasteiger partial charge in [0.1, 0.15) is 22.3 Å². The second-order valence-electron chi connectivity index (χ2n) is 27.9. The molecule has 2 aromatic heterocycles. The van der Waals surface area contributed by atoms with E-state index in [0.29, 0.717) is 0 Å². The number of rotatable bonds is 4. The lowest BCUT2D eigenvalue weighted by atomic mass is 9.37. The van der Waals surface area contributed by atoms with Gasteiger partial charge in [-0.3, -0.25) is 0 Å². The summed E-state index contributed by atoms with van der Waals surface area (Å²) < 4.78 is 26.3. The van der Waals surface area contributed by atoms with Crippen LogP contribution in [0, 0.1) is 0 Å². The summed E-state index contributed by atoms with van der Waals surface area (Å²) in [6.45, 7) is 18.5. The second-order valence-corrected chi connectivity index (χ2v) is 28.9. The van der Waals surface area contributed by atoms with Crippen LogP contribution in [0.15, 0.2) is 280 Å². The van der Waals surface area contributed by atoms with E-state index in [4.69, 9.17) is 18.1 Å². The van der Waals surface area contributed by atoms with Gasteiger partial charge in [0.2, 0.25) is 0 Å². The maximum atomic E-state index is 6.38. The molecule has 0 spiro atoms. The van der Waals surface area contributed by atoms with Crippen molar-refractivity contribution in [2.24, 2.45) is 0 Å². The Labute approximate surface area is 559 Å². The molecule has 0 unspecified atom stereocenters. The van der Waals surface area contributed by atoms with Crippen LogP contribution in [0.4, 0.5) is 22.7 Å². The van der Waals surface area contributed by atoms with Crippen LogP contribution in [0.5, 0.6) is 0 Å². The molecule has 6 nitrogen and oxygen atoms in total. The summed E-state index contributed by atoms with van der Waals surface area (Å²) in [4.78, 5) is 5.12. The smallest absolute Gasteiger partial charge is 0.455 e. The van der Waals surface area contributed by atoms with Crippen LogP contribution in [0.3, 0.4) is 0 Å². The number of furan rings is 2. The SMILES string of the molecule is Brc1cccc(-c2cccc3c2oc2ccccc23)c1.CC1(C)B2c3ccccc3-c3ccccc3N2c2ccc(-c3cccc(-c4cccc5c4oc4ccccc45)c3)cc21.CC1(C)B2c3ccccc3-c3ccccc3N2c2ccc(B3OC(C)(C)C(C)(C)O3)cc21. The van der Waals surface area contributed by atoms with Gasteiger partial charge in [0.05, 0.1) is 11.2 Å². The first kappa shape index (κ1) is 58.3. The van der Waals surface area contributed by atoms with Gasteiger partial charge in [-0.05, 0) is 160 Å². The molecular weight excluding hydrogens is 1210 g/mol. The molecule has 10 heteroatoms. The Morgan fingerprint density at radius 1 is 0.319 bits per heavy atom. The molecule has 12 aromatic carbocycles. The highest BCUT2D eigenvalue weighted by atomic mass is 79.9. The van der Waals surface area contributed by atoms with Crippen LogP contribution < -0.4 is 26.0 Å². The minimum absolute atomic E-state index is 0.0708. The predicted molar refractivity (Wildman–Crippen MR) is 398 cm³/mol. The lowest BCUT2D eigenvalue weighted by Gasteiger charge is -2.38. The Kier molecular flexibility index (Phi) is 13.5. The number of anilines is 4. The standard InChI is InChI=1S/C39H28BNO.C27H29B2NO2.C18H11BrO/c1-39(2)33-24-26(21-22-36(33)41-35-19-7-4-14-30(35)29-13-3-6-18-34(29)40(39)41)25-11-9-12-27(23-25)28-16-10-17-32-31-15-5-8-20-37(31)42-38(28)32;1-25(2)21-17-18(29-31-26(3,4)27(5,6)32-29)15-16-24(21)30-23-14-10-8-12-20(23)19-11-7-9-13-22(19)28(25)30;19-13-6-3-5-12(11-13)14-8-4-9-16-15-7-1-2-10-17(15)20-18(14)16/h3-24H,1-2H3;7-17H,1-6H3;1-11H. The number of hydrogen-bond acceptors (Lipinski definition) is 6. The van der Waals surface area contributed by atoms with Crippen LogP contribution in [-0.2, 0) is 19.9 Å². The van der Waals surface area contributed by atoms with Crippen molar-refractivity contribution in [2.75, 3.05) is 9.62 Å². The fourth-order valence-corrected chi connectivity index (χ4v) is 16.3. The van der Waals surface area contributed by atoms with Crippen LogP contribution in [0.2, 0.25) is 0 Å². The van der Waals surface area contributed by atoms with Crippen molar-refractivity contribution in [1.29, 1.82) is 0 Å². The molecule has 1 fully saturated rings. The fourth-order valence-electron chi connectivity index (χ4n) is 15.9. The molecule has 0 radical (unpaired) electrons. The average Bonchev–Trinajstić information content (AvgIpc) is 1.53. The third kappa shape index (κ3) is 9.08. The first-order valence-corrected chi connectivity index (χ1v) is 33.6. The second kappa shape index (κ2) is 21.8. The number of hydrogen-bond donors (Lipinski definition) is 0. The largest absolute Gasteiger partial charge is 0.494 e. The molecule has 5 aliphatic heterocycles. The molecule has 19 rings (SSSR count). The van der Waals surface area contributed by atoms with Crippen molar-refractivity contribution >= 4 is 120 Å². The Hall–Kier alpha value is -9.57. The minimum Gasteiger partial charge on any atom is -0.455 e. The van der Waals surface area contributed by atoms with E-state index in [9.17, 15) is 0 Å². The minimum atomic E-state index is -0.349. The molecule has 0 bridgehead atoms. The zero-order valence-corrected chi connectivity index (χ0v) is 55.6. The highest BCUT2D eigenvalue weighted by Crippen LogP contribution is 2.54. The Morgan fingerprint density at radius 3 is 1.27 bits per heavy atom. The van der Waals surface area contributed by atoms with Crippen molar-refractivity contribution in [3.05, 3.63) is 283 Å². The van der Waals surface area contributed by atoms with E-state index < -0.39 is 0 Å². The van der Waals surface area contributed by atoms with Crippen molar-refractivity contribution in [3.8, 4) is 55.6 Å². The average molecular weight is 1280 g/mol. The summed E-state index contributed by atoms with van der Waals surface area (Å²) in [5.41, 5.74) is 27.2. The molecular formula is C84H68B3BrN2O4. The maximum Gasteiger partial charge on any atom is 0.494 e. The van der Waals surface area contributed by atoms with Gasteiger partial charge in [-0.15, -0.1) is 0 Å². The maximum absolute atomic E-state index is 6.38. The lowest BCUT2D eigenvalue weighted by molar-refractivity contribution is 0.00578. The number of benzene rings is 12. The summed E-state index contributed by atoms with van der Waals surface area (Å²) in [6, 6.07) is 95.7. The quantitative estimate of drug-likeness (QED) is 0.164. The van der Waals surface area contributed by atoms with E-state index >= 15 is 0 Å². The Bertz CT molecular complexity index is 5380. The van der Waals surface area contributed by atoms with Crippen molar-refractivity contribution in [1.82, 2.24) is 0 Å². The van der Waals surface area contributed by atoms with Crippen LogP contribution in [-0.4, -0.2) is 32.0 Å². The molecule has 0 saturated carbocycles. The van der Waals surface area contributed by atoms with Gasteiger partial charge in [0.15, 0.2) is 0 Å². The topological polar surface area (TPSA) is 51.2 Å². The molecule has 5 aliphatic rings. The monoisotopic (exact) mass is 1280 g/mol. The summed E-state index contributed by atoms with van der Waals surface area (Å²) in [7, 11) is -0.349. The first-order chi connectivity index (χ1) is 45.5. The molecule has 0 N–H and O–H groups in total. The fraction of sp³-hybridized carbons (Fsp3) is 0.143. The van der Waals surface area contributed by atoms with Crippen molar-refractivity contribution in [2.45, 2.75) is 77.2 Å². The highest BCUT2D eigenvalue weighted by Gasteiger charge is 2.56. The van der Waals surface area contributed by atoms with Crippen molar-refractivity contribution in [3.63, 3.8) is 0 Å². The summed E-state index contributed by atoms with van der Waals surface area (Å²) in [6.07, 6.45) is 0. The zero-order valence-electron chi connectivity index (χ0n) is 54.0. The van der Waals surface area contributed by atoms with Gasteiger partial charge in [-0.25, -0.2) is 0 Å². The normalized spacial score (nSPS) is 16.1. The van der Waals surface area contributed by atoms with Gasteiger partial charge in [0, 0.05) is 71.0 Å². The van der Waals surface area contributed by atoms with Gasteiger partial charge < -0.3 is 27.8 Å². The number of fused-ring (bicyclic) bond motifs is 22. The van der Waals surface area contributed by atoms with Crippen LogP contribution >= 0.6 is 15.9 Å². The molecule has 0 atom stereocenters. The molecule has 454 valence electrons. The Balaban J connectivity index is 0.000000114. The molecule has 0 aliphatic carbocycles. The van der Waals surface area contributed by atoms with Crippen molar-refractivity contribution < 1.29 is 18.1 Å². The molecule has 0 amide bonds. The summed E-state index contributed by atoms with van der Waals surface area (Å²) >= 11 is 3.53. The number of halogens is 1. The highest BCUT2D eigenvalue weighted by molar-refractivity contribution is 9.10. The third-order valence-electron chi connectivity index (χ3n) is 21.2. The van der Waals surface area contributed by atoms with E-state index in [-0.39, 0.29) is 42.6 Å². The number of para-hydroxylation sites is 6. The molecule has 14 aromatic rings. The van der Waals surface area contributed by atoms with Gasteiger partial charge in [-0.2, -0.15) is 0 Å². The third-order valence-corrected chi connectivity index (χ3v) is 21.7. The first-order valence-electron chi connectivity index (χ1n) is 32.8. The molecule has 7 heterocycles. The number of nitrogens with zero attached hydrogens (tertiary/aromatic N) is 2. The molecule has 1 saturated heterocycles. The van der Waals surface area contributed by atoms with Gasteiger partial charge >= 0.3 is 20.8 Å². The zero-order chi connectivity index (χ0) is 64.0. The van der Waals surface area contributed by atoms with Gasteiger partial charge in [0.25, 0.3) is 0 Å². The van der Waals surface area contributed by atoms with E-state index in [1.165, 1.54) is 83.6 Å². The van der Waals surface area contributed by atoms with E-state index in [2.05, 4.69) is 305 Å². The van der Waals surface area contributed by atoms with Crippen LogP contribution in [0.1, 0.15) is 66.5 Å². The van der Waals surface area contributed by atoms with E-state index in [1.807, 2.05) is 42.5 Å². The van der Waals surface area contributed by atoms with Gasteiger partial charge in [-0.1, -0.05) is 250 Å². The van der Waals surface area contributed by atoms with Crippen LogP contribution in [0.25, 0.3) is 99.5 Å². The predicted octanol–water partition coefficient (Wildman–Crippen LogP) is 20.6. The summed E-state index contributed by atoms with van der Waals surface area (Å²) in [5, 5.41) is 4.50. The molecule has 94 heavy (non-hydrogen) atoms. The summed E-state index contributed by atoms with van der Waals surface area (Å²) in [5.74, 6) is 0.